The fraction of sp³-hybridized carbons (Fsp3) is 0.158. The van der Waals surface area contributed by atoms with Gasteiger partial charge in [-0.1, -0.05) is 42.1 Å². The molecule has 0 spiro atoms. The first kappa shape index (κ1) is 16.3. The number of hydrogen-bond donors (Lipinski definition) is 1. The van der Waals surface area contributed by atoms with E-state index in [0.29, 0.717) is 11.0 Å². The number of oxazole rings is 1. The Labute approximate surface area is 145 Å². The third-order valence-electron chi connectivity index (χ3n) is 3.66. The highest BCUT2D eigenvalue weighted by molar-refractivity contribution is 7.99. The highest BCUT2D eigenvalue weighted by atomic mass is 32.2. The number of rotatable bonds is 5. The molecule has 0 unspecified atom stereocenters. The maximum absolute atomic E-state index is 11.9. The van der Waals surface area contributed by atoms with Gasteiger partial charge >= 0.3 is 0 Å². The molecule has 0 bridgehead atoms. The number of carbonyl (C=O) groups excluding carboxylic acids is 1. The summed E-state index contributed by atoms with van der Waals surface area (Å²) in [6.07, 6.45) is 1.70. The molecule has 3 rings (SSSR count). The molecule has 1 aromatic heterocycles. The van der Waals surface area contributed by atoms with Gasteiger partial charge in [0, 0.05) is 11.3 Å². The lowest BCUT2D eigenvalue weighted by molar-refractivity contribution is -0.113. The van der Waals surface area contributed by atoms with E-state index in [1.807, 2.05) is 36.4 Å². The van der Waals surface area contributed by atoms with E-state index < -0.39 is 0 Å². The Morgan fingerprint density at radius 1 is 1.12 bits per heavy atom. The number of thioether (sulfide) groups is 1. The van der Waals surface area contributed by atoms with Crippen molar-refractivity contribution in [3.63, 3.8) is 0 Å². The van der Waals surface area contributed by atoms with Crippen molar-refractivity contribution >= 4 is 23.4 Å². The first-order valence-electron chi connectivity index (χ1n) is 7.63. The lowest BCUT2D eigenvalue weighted by Gasteiger charge is -2.03. The van der Waals surface area contributed by atoms with Crippen molar-refractivity contribution in [3.8, 4) is 11.3 Å². The molecule has 1 heterocycles. The quantitative estimate of drug-likeness (QED) is 0.686. The summed E-state index contributed by atoms with van der Waals surface area (Å²) < 4.78 is 5.74. The Balaban J connectivity index is 1.60. The van der Waals surface area contributed by atoms with Gasteiger partial charge in [-0.15, -0.1) is 0 Å². The minimum Gasteiger partial charge on any atom is -0.431 e. The summed E-state index contributed by atoms with van der Waals surface area (Å²) >= 11 is 1.28. The molecule has 0 radical (unpaired) electrons. The van der Waals surface area contributed by atoms with E-state index in [9.17, 15) is 4.79 Å². The molecule has 5 heteroatoms. The topological polar surface area (TPSA) is 55.1 Å². The summed E-state index contributed by atoms with van der Waals surface area (Å²) in [7, 11) is 0. The number of hydrogen-bond acceptors (Lipinski definition) is 4. The fourth-order valence-corrected chi connectivity index (χ4v) is 2.80. The molecule has 0 aliphatic rings. The molecule has 4 nitrogen and oxygen atoms in total. The number of amides is 1. The van der Waals surface area contributed by atoms with Crippen LogP contribution in [-0.4, -0.2) is 16.6 Å². The molecule has 0 fully saturated rings. The van der Waals surface area contributed by atoms with Gasteiger partial charge in [0.05, 0.1) is 11.9 Å². The van der Waals surface area contributed by atoms with Crippen molar-refractivity contribution in [2.24, 2.45) is 0 Å². The molecule has 122 valence electrons. The summed E-state index contributed by atoms with van der Waals surface area (Å²) in [4.78, 5) is 16.2. The van der Waals surface area contributed by atoms with Crippen molar-refractivity contribution < 1.29 is 9.21 Å². The largest absolute Gasteiger partial charge is 0.431 e. The smallest absolute Gasteiger partial charge is 0.256 e. The van der Waals surface area contributed by atoms with Crippen LogP contribution in [0.15, 0.2) is 64.4 Å². The molecule has 0 saturated carbocycles. The molecule has 2 aromatic carbocycles. The second kappa shape index (κ2) is 7.36. The third kappa shape index (κ3) is 4.06. The molecule has 3 aromatic rings. The van der Waals surface area contributed by atoms with E-state index in [2.05, 4.69) is 36.3 Å². The molecule has 0 aliphatic carbocycles. The zero-order valence-electron chi connectivity index (χ0n) is 13.6. The summed E-state index contributed by atoms with van der Waals surface area (Å²) in [5.74, 6) is 0.878. The Morgan fingerprint density at radius 3 is 2.67 bits per heavy atom. The maximum atomic E-state index is 11.9. The number of para-hydroxylation sites is 1. The Kier molecular flexibility index (Phi) is 5.01. The fourth-order valence-electron chi connectivity index (χ4n) is 2.20. The standard InChI is InChI=1S/C19H18N2O2S/c1-13-8-9-15(10-14(13)2)17-11-20-19(23-17)24-12-18(22)21-16-6-4-3-5-7-16/h3-11H,12H2,1-2H3,(H,21,22). The van der Waals surface area contributed by atoms with Gasteiger partial charge in [0.2, 0.25) is 5.91 Å². The van der Waals surface area contributed by atoms with E-state index in [-0.39, 0.29) is 11.7 Å². The Morgan fingerprint density at radius 2 is 1.92 bits per heavy atom. The van der Waals surface area contributed by atoms with Crippen molar-refractivity contribution in [1.82, 2.24) is 4.98 Å². The van der Waals surface area contributed by atoms with Gasteiger partial charge in [0.1, 0.15) is 0 Å². The number of nitrogens with zero attached hydrogens (tertiary/aromatic N) is 1. The van der Waals surface area contributed by atoms with Crippen molar-refractivity contribution in [3.05, 3.63) is 65.9 Å². The van der Waals surface area contributed by atoms with Gasteiger partial charge in [-0.3, -0.25) is 4.79 Å². The van der Waals surface area contributed by atoms with Crippen LogP contribution < -0.4 is 5.32 Å². The maximum Gasteiger partial charge on any atom is 0.256 e. The minimum absolute atomic E-state index is 0.0860. The predicted octanol–water partition coefficient (Wildman–Crippen LogP) is 4.69. The van der Waals surface area contributed by atoms with Gasteiger partial charge in [-0.25, -0.2) is 4.98 Å². The molecular weight excluding hydrogens is 320 g/mol. The van der Waals surface area contributed by atoms with Crippen LogP contribution >= 0.6 is 11.8 Å². The van der Waals surface area contributed by atoms with Gasteiger partial charge < -0.3 is 9.73 Å². The average Bonchev–Trinajstić information content (AvgIpc) is 3.05. The monoisotopic (exact) mass is 338 g/mol. The normalized spacial score (nSPS) is 10.6. The second-order valence-electron chi connectivity index (χ2n) is 5.49. The van der Waals surface area contributed by atoms with Crippen molar-refractivity contribution in [1.29, 1.82) is 0 Å². The number of benzene rings is 2. The molecule has 0 saturated heterocycles. The number of aromatic nitrogens is 1. The van der Waals surface area contributed by atoms with E-state index >= 15 is 0 Å². The molecule has 24 heavy (non-hydrogen) atoms. The lowest BCUT2D eigenvalue weighted by Crippen LogP contribution is -2.13. The van der Waals surface area contributed by atoms with Crippen LogP contribution in [-0.2, 0) is 4.79 Å². The van der Waals surface area contributed by atoms with Crippen LogP contribution in [0.5, 0.6) is 0 Å². The Hall–Kier alpha value is -2.53. The van der Waals surface area contributed by atoms with Crippen LogP contribution in [0.25, 0.3) is 11.3 Å². The lowest BCUT2D eigenvalue weighted by atomic mass is 10.1. The number of anilines is 1. The van der Waals surface area contributed by atoms with E-state index in [1.54, 1.807) is 6.20 Å². The third-order valence-corrected chi connectivity index (χ3v) is 4.50. The molecule has 1 amide bonds. The molecular formula is C19H18N2O2S. The number of aryl methyl sites for hydroxylation is 2. The van der Waals surface area contributed by atoms with Crippen LogP contribution in [0.2, 0.25) is 0 Å². The van der Waals surface area contributed by atoms with Crippen LogP contribution in [0.4, 0.5) is 5.69 Å². The first-order valence-corrected chi connectivity index (χ1v) is 8.61. The van der Waals surface area contributed by atoms with Crippen molar-refractivity contribution in [2.45, 2.75) is 19.1 Å². The second-order valence-corrected chi connectivity index (χ2v) is 6.42. The number of nitrogens with one attached hydrogen (secondary N) is 1. The summed E-state index contributed by atoms with van der Waals surface area (Å²) in [6.45, 7) is 4.14. The van der Waals surface area contributed by atoms with Crippen molar-refractivity contribution in [2.75, 3.05) is 11.1 Å². The SMILES string of the molecule is Cc1ccc(-c2cnc(SCC(=O)Nc3ccccc3)o2)cc1C. The summed E-state index contributed by atoms with van der Waals surface area (Å²) in [5, 5.41) is 3.33. The first-order chi connectivity index (χ1) is 11.6. The molecule has 0 atom stereocenters. The predicted molar refractivity (Wildman–Crippen MR) is 97.2 cm³/mol. The van der Waals surface area contributed by atoms with Gasteiger partial charge in [-0.2, -0.15) is 0 Å². The highest BCUT2D eigenvalue weighted by Gasteiger charge is 2.10. The molecule has 0 aliphatic heterocycles. The van der Waals surface area contributed by atoms with E-state index in [1.165, 1.54) is 22.9 Å². The van der Waals surface area contributed by atoms with E-state index in [4.69, 9.17) is 4.42 Å². The highest BCUT2D eigenvalue weighted by Crippen LogP contribution is 2.26. The minimum atomic E-state index is -0.0860. The molecule has 1 N–H and O–H groups in total. The summed E-state index contributed by atoms with van der Waals surface area (Å²) in [6, 6.07) is 15.5. The van der Waals surface area contributed by atoms with Gasteiger partial charge in [-0.05, 0) is 43.2 Å². The van der Waals surface area contributed by atoms with Crippen LogP contribution in [0, 0.1) is 13.8 Å². The average molecular weight is 338 g/mol. The van der Waals surface area contributed by atoms with Gasteiger partial charge in [0.25, 0.3) is 5.22 Å². The zero-order chi connectivity index (χ0) is 16.9. The van der Waals surface area contributed by atoms with E-state index in [0.717, 1.165) is 11.3 Å². The van der Waals surface area contributed by atoms with Crippen LogP contribution in [0.3, 0.4) is 0 Å². The summed E-state index contributed by atoms with van der Waals surface area (Å²) in [5.41, 5.74) is 4.23. The number of carbonyl (C=O) groups is 1. The van der Waals surface area contributed by atoms with Gasteiger partial charge in [0.15, 0.2) is 5.76 Å². The Bertz CT molecular complexity index is 844. The zero-order valence-corrected chi connectivity index (χ0v) is 14.4. The van der Waals surface area contributed by atoms with Crippen LogP contribution in [0.1, 0.15) is 11.1 Å².